The van der Waals surface area contributed by atoms with Crippen LogP contribution in [0.15, 0.2) is 48.5 Å². The largest absolute Gasteiger partial charge is 0.496 e. The summed E-state index contributed by atoms with van der Waals surface area (Å²) in [7, 11) is 1.85. The van der Waals surface area contributed by atoms with Gasteiger partial charge in [0.15, 0.2) is 0 Å². The number of halogens is 1. The second-order valence-corrected chi connectivity index (χ2v) is 12.0. The van der Waals surface area contributed by atoms with Crippen LogP contribution in [-0.4, -0.2) is 44.1 Å². The third-order valence-corrected chi connectivity index (χ3v) is 9.21. The molecular formula is C31H37ClN2O2S. The van der Waals surface area contributed by atoms with Crippen molar-refractivity contribution < 1.29 is 9.53 Å². The molecular weight excluding hydrogens is 500 g/mol. The van der Waals surface area contributed by atoms with Crippen LogP contribution < -0.4 is 10.1 Å². The predicted molar refractivity (Wildman–Crippen MR) is 154 cm³/mol. The normalized spacial score (nSPS) is 16.4. The van der Waals surface area contributed by atoms with Crippen LogP contribution in [-0.2, 0) is 12.8 Å². The van der Waals surface area contributed by atoms with Gasteiger partial charge in [-0.2, -0.15) is 0 Å². The zero-order valence-electron chi connectivity index (χ0n) is 21.7. The lowest BCUT2D eigenvalue weighted by atomic mass is 9.83. The van der Waals surface area contributed by atoms with Gasteiger partial charge in [-0.05, 0) is 123 Å². The van der Waals surface area contributed by atoms with Crippen molar-refractivity contribution in [2.75, 3.05) is 33.3 Å². The Bertz CT molecular complexity index is 1200. The van der Waals surface area contributed by atoms with Crippen molar-refractivity contribution >= 4 is 28.8 Å². The fraction of sp³-hybridized carbons (Fsp3) is 0.452. The summed E-state index contributed by atoms with van der Waals surface area (Å²) in [6.07, 6.45) is 9.43. The maximum atomic E-state index is 12.5. The van der Waals surface area contributed by atoms with Crippen molar-refractivity contribution in [2.45, 2.75) is 57.3 Å². The standard InChI is InChI=1S/C31H37ClN2O2S/c1-36-30-26-7-3-2-6-22(26)12-13-27(30)23-16-20-34(21-17-23)19-5-4-18-33-31(35)25-10-8-24(9-11-25)28-14-15-29(32)37-28/h8-15,23H,2-7,16-21H2,1H3,(H,33,35). The van der Waals surface area contributed by atoms with E-state index in [1.165, 1.54) is 54.5 Å². The van der Waals surface area contributed by atoms with Crippen LogP contribution in [0.25, 0.3) is 10.4 Å². The van der Waals surface area contributed by atoms with Crippen molar-refractivity contribution in [1.29, 1.82) is 0 Å². The number of likely N-dealkylation sites (tertiary alicyclic amines) is 1. The summed E-state index contributed by atoms with van der Waals surface area (Å²) < 4.78 is 6.72. The van der Waals surface area contributed by atoms with Crippen LogP contribution in [0.4, 0.5) is 0 Å². The van der Waals surface area contributed by atoms with Crippen LogP contribution in [0.2, 0.25) is 4.34 Å². The van der Waals surface area contributed by atoms with Gasteiger partial charge in [0, 0.05) is 17.0 Å². The van der Waals surface area contributed by atoms with Crippen LogP contribution in [0.5, 0.6) is 5.75 Å². The molecule has 1 saturated heterocycles. The zero-order chi connectivity index (χ0) is 25.6. The summed E-state index contributed by atoms with van der Waals surface area (Å²) in [6, 6.07) is 16.4. The molecule has 0 atom stereocenters. The SMILES string of the molecule is COc1c(C2CCN(CCCCNC(=O)c3ccc(-c4ccc(Cl)s4)cc3)CC2)ccc2c1CCCC2. The first-order chi connectivity index (χ1) is 18.1. The molecule has 1 fully saturated rings. The van der Waals surface area contributed by atoms with E-state index in [9.17, 15) is 4.79 Å². The van der Waals surface area contributed by atoms with Crippen molar-refractivity contribution in [3.8, 4) is 16.2 Å². The number of methoxy groups -OCH3 is 1. The van der Waals surface area contributed by atoms with Gasteiger partial charge in [-0.3, -0.25) is 4.79 Å². The molecule has 1 aromatic heterocycles. The molecule has 0 radical (unpaired) electrons. The number of hydrogen-bond acceptors (Lipinski definition) is 4. The molecule has 0 bridgehead atoms. The molecule has 6 heteroatoms. The molecule has 3 aromatic rings. The van der Waals surface area contributed by atoms with Gasteiger partial charge in [-0.1, -0.05) is 35.9 Å². The Kier molecular flexibility index (Phi) is 8.85. The van der Waals surface area contributed by atoms with E-state index in [1.807, 2.05) is 43.5 Å². The molecule has 2 aromatic carbocycles. The number of ether oxygens (including phenoxy) is 1. The Morgan fingerprint density at radius 1 is 1.03 bits per heavy atom. The van der Waals surface area contributed by atoms with Crippen LogP contribution >= 0.6 is 22.9 Å². The number of amides is 1. The van der Waals surface area contributed by atoms with E-state index in [4.69, 9.17) is 16.3 Å². The Hall–Kier alpha value is -2.34. The number of unbranched alkanes of at least 4 members (excludes halogenated alkanes) is 1. The molecule has 196 valence electrons. The highest BCUT2D eigenvalue weighted by Gasteiger charge is 2.26. The van der Waals surface area contributed by atoms with E-state index in [2.05, 4.69) is 22.3 Å². The number of aryl methyl sites for hydroxylation is 1. The number of thiophene rings is 1. The third kappa shape index (κ3) is 6.39. The molecule has 2 aliphatic rings. The van der Waals surface area contributed by atoms with Gasteiger partial charge in [0.2, 0.25) is 0 Å². The second-order valence-electron chi connectivity index (χ2n) is 10.3. The average Bonchev–Trinajstić information content (AvgIpc) is 3.38. The van der Waals surface area contributed by atoms with Gasteiger partial charge in [0.05, 0.1) is 11.4 Å². The lowest BCUT2D eigenvalue weighted by Gasteiger charge is -2.33. The van der Waals surface area contributed by atoms with Gasteiger partial charge in [-0.25, -0.2) is 0 Å². The molecule has 1 N–H and O–H groups in total. The van der Waals surface area contributed by atoms with Crippen molar-refractivity contribution in [1.82, 2.24) is 10.2 Å². The van der Waals surface area contributed by atoms with Gasteiger partial charge in [0.1, 0.15) is 5.75 Å². The van der Waals surface area contributed by atoms with Gasteiger partial charge in [0.25, 0.3) is 5.91 Å². The molecule has 1 aliphatic carbocycles. The summed E-state index contributed by atoms with van der Waals surface area (Å²) >= 11 is 7.58. The van der Waals surface area contributed by atoms with Crippen molar-refractivity contribution in [2.24, 2.45) is 0 Å². The molecule has 0 unspecified atom stereocenters. The highest BCUT2D eigenvalue weighted by Crippen LogP contribution is 2.40. The minimum atomic E-state index is -0.00410. The average molecular weight is 537 g/mol. The summed E-state index contributed by atoms with van der Waals surface area (Å²) in [5.74, 6) is 1.77. The minimum absolute atomic E-state index is 0.00410. The van der Waals surface area contributed by atoms with Gasteiger partial charge < -0.3 is 15.0 Å². The van der Waals surface area contributed by atoms with Crippen LogP contribution in [0.1, 0.15) is 71.5 Å². The fourth-order valence-electron chi connectivity index (χ4n) is 5.86. The minimum Gasteiger partial charge on any atom is -0.496 e. The van der Waals surface area contributed by atoms with E-state index < -0.39 is 0 Å². The Morgan fingerprint density at radius 3 is 2.54 bits per heavy atom. The zero-order valence-corrected chi connectivity index (χ0v) is 23.3. The number of fused-ring (bicyclic) bond motifs is 1. The molecule has 5 rings (SSSR count). The number of hydrogen-bond donors (Lipinski definition) is 1. The number of benzene rings is 2. The topological polar surface area (TPSA) is 41.6 Å². The second kappa shape index (κ2) is 12.5. The first-order valence-corrected chi connectivity index (χ1v) is 14.9. The molecule has 1 aliphatic heterocycles. The Balaban J connectivity index is 1.02. The maximum Gasteiger partial charge on any atom is 0.251 e. The smallest absolute Gasteiger partial charge is 0.251 e. The summed E-state index contributed by atoms with van der Waals surface area (Å²) in [5, 5.41) is 3.08. The van der Waals surface area contributed by atoms with Crippen LogP contribution in [0, 0.1) is 0 Å². The highest BCUT2D eigenvalue weighted by molar-refractivity contribution is 7.19. The number of piperidine rings is 1. The lowest BCUT2D eigenvalue weighted by molar-refractivity contribution is 0.0952. The predicted octanol–water partition coefficient (Wildman–Crippen LogP) is 7.35. The van der Waals surface area contributed by atoms with E-state index in [1.54, 1.807) is 11.3 Å². The number of carbonyl (C=O) groups excluding carboxylic acids is 1. The van der Waals surface area contributed by atoms with Gasteiger partial charge >= 0.3 is 0 Å². The molecule has 0 saturated carbocycles. The molecule has 2 heterocycles. The van der Waals surface area contributed by atoms with E-state index in [0.717, 1.165) is 53.7 Å². The first-order valence-electron chi connectivity index (χ1n) is 13.7. The number of nitrogens with zero attached hydrogens (tertiary/aromatic N) is 1. The van der Waals surface area contributed by atoms with Gasteiger partial charge in [-0.15, -0.1) is 11.3 Å². The Morgan fingerprint density at radius 2 is 1.81 bits per heavy atom. The molecule has 1 amide bonds. The number of nitrogens with one attached hydrogen (secondary N) is 1. The summed E-state index contributed by atoms with van der Waals surface area (Å²) in [4.78, 5) is 16.2. The number of rotatable bonds is 9. The summed E-state index contributed by atoms with van der Waals surface area (Å²) in [5.41, 5.74) is 6.18. The van der Waals surface area contributed by atoms with Crippen molar-refractivity contribution in [3.05, 3.63) is 75.1 Å². The third-order valence-electron chi connectivity index (χ3n) is 7.93. The van der Waals surface area contributed by atoms with E-state index >= 15 is 0 Å². The molecule has 4 nitrogen and oxygen atoms in total. The Labute approximate surface area is 230 Å². The van der Waals surface area contributed by atoms with Crippen molar-refractivity contribution in [3.63, 3.8) is 0 Å². The van der Waals surface area contributed by atoms with E-state index in [-0.39, 0.29) is 5.91 Å². The number of carbonyl (C=O) groups is 1. The maximum absolute atomic E-state index is 12.5. The first kappa shape index (κ1) is 26.3. The van der Waals surface area contributed by atoms with Crippen LogP contribution in [0.3, 0.4) is 0 Å². The molecule has 37 heavy (non-hydrogen) atoms. The lowest BCUT2D eigenvalue weighted by Crippen LogP contribution is -2.34. The van der Waals surface area contributed by atoms with E-state index in [0.29, 0.717) is 18.0 Å². The summed E-state index contributed by atoms with van der Waals surface area (Å²) in [6.45, 7) is 4.09. The highest BCUT2D eigenvalue weighted by atomic mass is 35.5. The quantitative estimate of drug-likeness (QED) is 0.291. The fourth-order valence-corrected chi connectivity index (χ4v) is 6.91. The monoisotopic (exact) mass is 536 g/mol. The molecule has 0 spiro atoms.